The summed E-state index contributed by atoms with van der Waals surface area (Å²) in [5.74, 6) is 1.46. The standard InChI is InChI=1S/C24H24BrNO2/c1-3-18-7-12-22(13-8-18)26-16-20-9-14-23(24(15-20)27-4-2)28-17-19-5-10-21(25)11-6-19/h5-16H,3-4,17H2,1-2H3. The normalized spacial score (nSPS) is 11.0. The molecule has 0 spiro atoms. The second kappa shape index (κ2) is 10.1. The second-order valence-corrected chi connectivity index (χ2v) is 7.25. The zero-order valence-electron chi connectivity index (χ0n) is 16.2. The van der Waals surface area contributed by atoms with Gasteiger partial charge in [-0.15, -0.1) is 0 Å². The molecule has 144 valence electrons. The van der Waals surface area contributed by atoms with E-state index in [-0.39, 0.29) is 0 Å². The zero-order chi connectivity index (χ0) is 19.8. The van der Waals surface area contributed by atoms with Crippen molar-refractivity contribution in [3.05, 3.63) is 87.9 Å². The zero-order valence-corrected chi connectivity index (χ0v) is 17.8. The monoisotopic (exact) mass is 437 g/mol. The lowest BCUT2D eigenvalue weighted by atomic mass is 10.1. The van der Waals surface area contributed by atoms with Gasteiger partial charge < -0.3 is 9.47 Å². The van der Waals surface area contributed by atoms with Gasteiger partial charge in [0, 0.05) is 10.7 Å². The van der Waals surface area contributed by atoms with E-state index in [4.69, 9.17) is 9.47 Å². The van der Waals surface area contributed by atoms with Gasteiger partial charge in [-0.2, -0.15) is 0 Å². The summed E-state index contributed by atoms with van der Waals surface area (Å²) >= 11 is 3.45. The van der Waals surface area contributed by atoms with Crippen LogP contribution >= 0.6 is 15.9 Å². The Morgan fingerprint density at radius 3 is 2.21 bits per heavy atom. The van der Waals surface area contributed by atoms with E-state index >= 15 is 0 Å². The minimum absolute atomic E-state index is 0.491. The average Bonchev–Trinajstić information content (AvgIpc) is 2.73. The van der Waals surface area contributed by atoms with Crippen LogP contribution in [-0.2, 0) is 13.0 Å². The lowest BCUT2D eigenvalue weighted by Gasteiger charge is -2.12. The van der Waals surface area contributed by atoms with Crippen LogP contribution in [0, 0.1) is 0 Å². The van der Waals surface area contributed by atoms with Crippen molar-refractivity contribution >= 4 is 27.8 Å². The number of nitrogens with zero attached hydrogens (tertiary/aromatic N) is 1. The van der Waals surface area contributed by atoms with Crippen molar-refractivity contribution in [3.8, 4) is 11.5 Å². The fourth-order valence-electron chi connectivity index (χ4n) is 2.70. The topological polar surface area (TPSA) is 30.8 Å². The number of hydrogen-bond acceptors (Lipinski definition) is 3. The van der Waals surface area contributed by atoms with Crippen LogP contribution in [-0.4, -0.2) is 12.8 Å². The lowest BCUT2D eigenvalue weighted by Crippen LogP contribution is -2.00. The molecular formula is C24H24BrNO2. The van der Waals surface area contributed by atoms with Crippen LogP contribution in [0.3, 0.4) is 0 Å². The Morgan fingerprint density at radius 2 is 1.54 bits per heavy atom. The molecule has 0 aliphatic rings. The van der Waals surface area contributed by atoms with E-state index in [1.54, 1.807) is 0 Å². The number of halogens is 1. The van der Waals surface area contributed by atoms with Crippen LogP contribution in [0.25, 0.3) is 0 Å². The molecular weight excluding hydrogens is 414 g/mol. The van der Waals surface area contributed by atoms with Crippen LogP contribution in [0.15, 0.2) is 76.2 Å². The van der Waals surface area contributed by atoms with Crippen molar-refractivity contribution in [2.24, 2.45) is 4.99 Å². The fraction of sp³-hybridized carbons (Fsp3) is 0.208. The van der Waals surface area contributed by atoms with Crippen molar-refractivity contribution in [1.29, 1.82) is 0 Å². The Kier molecular flexibility index (Phi) is 7.26. The Bertz CT molecular complexity index is 918. The smallest absolute Gasteiger partial charge is 0.161 e. The predicted molar refractivity (Wildman–Crippen MR) is 119 cm³/mol. The predicted octanol–water partition coefficient (Wildman–Crippen LogP) is 6.74. The number of benzene rings is 3. The maximum absolute atomic E-state index is 5.97. The summed E-state index contributed by atoms with van der Waals surface area (Å²) in [6.45, 7) is 5.18. The molecule has 4 heteroatoms. The second-order valence-electron chi connectivity index (χ2n) is 6.33. The number of aryl methyl sites for hydroxylation is 1. The summed E-state index contributed by atoms with van der Waals surface area (Å²) in [6.07, 6.45) is 2.88. The molecule has 0 radical (unpaired) electrons. The minimum atomic E-state index is 0.491. The van der Waals surface area contributed by atoms with Gasteiger partial charge in [0.25, 0.3) is 0 Å². The highest BCUT2D eigenvalue weighted by Crippen LogP contribution is 2.29. The van der Waals surface area contributed by atoms with E-state index in [1.165, 1.54) is 5.56 Å². The first-order valence-electron chi connectivity index (χ1n) is 9.45. The van der Waals surface area contributed by atoms with E-state index in [0.717, 1.165) is 39.2 Å². The Labute approximate surface area is 175 Å². The van der Waals surface area contributed by atoms with Crippen molar-refractivity contribution in [2.75, 3.05) is 6.61 Å². The summed E-state index contributed by atoms with van der Waals surface area (Å²) < 4.78 is 12.8. The van der Waals surface area contributed by atoms with Crippen LogP contribution in [0.1, 0.15) is 30.5 Å². The largest absolute Gasteiger partial charge is 0.490 e. The van der Waals surface area contributed by atoms with E-state index < -0.39 is 0 Å². The molecule has 28 heavy (non-hydrogen) atoms. The quantitative estimate of drug-likeness (QED) is 0.365. The molecule has 0 atom stereocenters. The minimum Gasteiger partial charge on any atom is -0.490 e. The molecule has 3 nitrogen and oxygen atoms in total. The van der Waals surface area contributed by atoms with Gasteiger partial charge >= 0.3 is 0 Å². The molecule has 0 aliphatic carbocycles. The first-order valence-corrected chi connectivity index (χ1v) is 10.2. The van der Waals surface area contributed by atoms with Crippen LogP contribution in [0.4, 0.5) is 5.69 Å². The molecule has 0 fully saturated rings. The molecule has 3 aromatic rings. The average molecular weight is 438 g/mol. The maximum atomic E-state index is 5.97. The summed E-state index contributed by atoms with van der Waals surface area (Å²) in [7, 11) is 0. The highest BCUT2D eigenvalue weighted by Gasteiger charge is 2.07. The Morgan fingerprint density at radius 1 is 0.821 bits per heavy atom. The van der Waals surface area contributed by atoms with E-state index in [0.29, 0.717) is 13.2 Å². The Balaban J connectivity index is 1.72. The third kappa shape index (κ3) is 5.70. The highest BCUT2D eigenvalue weighted by atomic mass is 79.9. The Hall–Kier alpha value is -2.59. The SMILES string of the molecule is CCOc1cc(C=Nc2ccc(CC)cc2)ccc1OCc1ccc(Br)cc1. The highest BCUT2D eigenvalue weighted by molar-refractivity contribution is 9.10. The van der Waals surface area contributed by atoms with Gasteiger partial charge in [-0.25, -0.2) is 0 Å². The molecule has 0 N–H and O–H groups in total. The van der Waals surface area contributed by atoms with Crippen LogP contribution in [0.5, 0.6) is 11.5 Å². The van der Waals surface area contributed by atoms with E-state index in [2.05, 4.69) is 40.0 Å². The summed E-state index contributed by atoms with van der Waals surface area (Å²) in [4.78, 5) is 4.56. The number of hydrogen-bond donors (Lipinski definition) is 0. The molecule has 0 unspecified atom stereocenters. The molecule has 0 aromatic heterocycles. The number of aliphatic imine (C=N–C) groups is 1. The van der Waals surface area contributed by atoms with Crippen molar-refractivity contribution in [1.82, 2.24) is 0 Å². The molecule has 0 bridgehead atoms. The van der Waals surface area contributed by atoms with Crippen molar-refractivity contribution in [2.45, 2.75) is 26.9 Å². The van der Waals surface area contributed by atoms with Crippen molar-refractivity contribution in [3.63, 3.8) is 0 Å². The van der Waals surface area contributed by atoms with Gasteiger partial charge in [-0.1, -0.05) is 47.1 Å². The van der Waals surface area contributed by atoms with Crippen LogP contribution in [0.2, 0.25) is 0 Å². The van der Waals surface area contributed by atoms with Gasteiger partial charge in [-0.05, 0) is 72.5 Å². The third-order valence-electron chi connectivity index (χ3n) is 4.28. The fourth-order valence-corrected chi connectivity index (χ4v) is 2.97. The van der Waals surface area contributed by atoms with Gasteiger partial charge in [0.2, 0.25) is 0 Å². The van der Waals surface area contributed by atoms with Gasteiger partial charge in [-0.3, -0.25) is 4.99 Å². The van der Waals surface area contributed by atoms with E-state index in [9.17, 15) is 0 Å². The summed E-state index contributed by atoms with van der Waals surface area (Å²) in [5.41, 5.74) is 4.32. The molecule has 3 rings (SSSR count). The molecule has 3 aromatic carbocycles. The number of ether oxygens (including phenoxy) is 2. The van der Waals surface area contributed by atoms with Crippen LogP contribution < -0.4 is 9.47 Å². The first kappa shape index (κ1) is 20.2. The molecule has 0 saturated carbocycles. The molecule has 0 amide bonds. The lowest BCUT2D eigenvalue weighted by molar-refractivity contribution is 0.269. The molecule has 0 heterocycles. The van der Waals surface area contributed by atoms with Gasteiger partial charge in [0.15, 0.2) is 11.5 Å². The van der Waals surface area contributed by atoms with Gasteiger partial charge in [0.1, 0.15) is 6.61 Å². The van der Waals surface area contributed by atoms with E-state index in [1.807, 2.05) is 67.7 Å². The van der Waals surface area contributed by atoms with Crippen molar-refractivity contribution < 1.29 is 9.47 Å². The summed E-state index contributed by atoms with van der Waals surface area (Å²) in [6, 6.07) is 22.3. The first-order chi connectivity index (χ1) is 13.7. The summed E-state index contributed by atoms with van der Waals surface area (Å²) in [5, 5.41) is 0. The maximum Gasteiger partial charge on any atom is 0.161 e. The molecule has 0 aliphatic heterocycles. The third-order valence-corrected chi connectivity index (χ3v) is 4.81. The van der Waals surface area contributed by atoms with Gasteiger partial charge in [0.05, 0.1) is 12.3 Å². The molecule has 0 saturated heterocycles. The number of rotatable bonds is 8.